The lowest BCUT2D eigenvalue weighted by molar-refractivity contribution is -0.190. The Morgan fingerprint density at radius 1 is 0.828 bits per heavy atom. The van der Waals surface area contributed by atoms with Gasteiger partial charge in [-0.1, -0.05) is 43.3 Å². The fourth-order valence-electron chi connectivity index (χ4n) is 4.80. The van der Waals surface area contributed by atoms with Gasteiger partial charge in [-0.3, -0.25) is 0 Å². The van der Waals surface area contributed by atoms with Gasteiger partial charge >= 0.3 is 11.9 Å². The van der Waals surface area contributed by atoms with E-state index in [1.54, 1.807) is 24.3 Å². The van der Waals surface area contributed by atoms with Gasteiger partial charge < -0.3 is 9.47 Å². The van der Waals surface area contributed by atoms with E-state index in [1.165, 1.54) is 0 Å². The van der Waals surface area contributed by atoms with Crippen LogP contribution in [0, 0.1) is 10.8 Å². The molecule has 3 atom stereocenters. The van der Waals surface area contributed by atoms with Crippen molar-refractivity contribution in [2.75, 3.05) is 6.16 Å². The Kier molecular flexibility index (Phi) is 5.48. The molecule has 2 aromatic carbocycles. The van der Waals surface area contributed by atoms with Crippen LogP contribution in [0.1, 0.15) is 53.3 Å². The quantitative estimate of drug-likeness (QED) is 0.520. The molecule has 5 heteroatoms. The number of benzene rings is 2. The van der Waals surface area contributed by atoms with Crippen LogP contribution in [0.15, 0.2) is 60.7 Å². The summed E-state index contributed by atoms with van der Waals surface area (Å²) in [6, 6.07) is 18.0. The predicted octanol–water partition coefficient (Wildman–Crippen LogP) is 4.89. The van der Waals surface area contributed by atoms with E-state index in [-0.39, 0.29) is 22.8 Å². The summed E-state index contributed by atoms with van der Waals surface area (Å²) < 4.78 is 12.2. The zero-order chi connectivity index (χ0) is 20.5. The first-order valence-corrected chi connectivity index (χ1v) is 11.0. The maximum absolute atomic E-state index is 12.9. The molecule has 29 heavy (non-hydrogen) atoms. The first kappa shape index (κ1) is 20.1. The molecule has 0 spiro atoms. The molecular formula is C24H27O4P. The van der Waals surface area contributed by atoms with E-state index in [4.69, 9.17) is 9.47 Å². The summed E-state index contributed by atoms with van der Waals surface area (Å²) in [5.74, 6) is -0.714. The summed E-state index contributed by atoms with van der Waals surface area (Å²) >= 11 is 0. The van der Waals surface area contributed by atoms with Crippen molar-refractivity contribution >= 4 is 21.2 Å². The van der Waals surface area contributed by atoms with Gasteiger partial charge in [0.25, 0.3) is 0 Å². The van der Waals surface area contributed by atoms with E-state index in [0.717, 1.165) is 31.8 Å². The highest BCUT2D eigenvalue weighted by atomic mass is 31.0. The van der Waals surface area contributed by atoms with Gasteiger partial charge in [0.15, 0.2) is 0 Å². The summed E-state index contributed by atoms with van der Waals surface area (Å²) in [6.07, 6.45) is 3.79. The third kappa shape index (κ3) is 3.71. The van der Waals surface area contributed by atoms with Crippen LogP contribution in [0.2, 0.25) is 0 Å². The minimum Gasteiger partial charge on any atom is -0.454 e. The molecular weight excluding hydrogens is 383 g/mol. The zero-order valence-electron chi connectivity index (χ0n) is 16.7. The maximum atomic E-state index is 12.9. The smallest absolute Gasteiger partial charge is 0.338 e. The van der Waals surface area contributed by atoms with Crippen LogP contribution < -0.4 is 0 Å². The molecule has 0 radical (unpaired) electrons. The van der Waals surface area contributed by atoms with Crippen molar-refractivity contribution < 1.29 is 19.1 Å². The van der Waals surface area contributed by atoms with Gasteiger partial charge in [-0.2, -0.15) is 0 Å². The lowest BCUT2D eigenvalue weighted by atomic mass is 9.52. The summed E-state index contributed by atoms with van der Waals surface area (Å²) in [5.41, 5.74) is 0.680. The van der Waals surface area contributed by atoms with Gasteiger partial charge in [-0.15, -0.1) is 9.24 Å². The van der Waals surface area contributed by atoms with Gasteiger partial charge in [0.05, 0.1) is 11.1 Å². The molecule has 3 aliphatic carbocycles. The number of ether oxygens (including phenoxy) is 2. The molecule has 2 aromatic rings. The second-order valence-electron chi connectivity index (χ2n) is 8.60. The highest BCUT2D eigenvalue weighted by Crippen LogP contribution is 2.59. The molecule has 0 heterocycles. The Morgan fingerprint density at radius 3 is 1.72 bits per heavy atom. The number of carbonyl (C=O) groups excluding carboxylic acids is 2. The normalized spacial score (nSPS) is 30.6. The minimum absolute atomic E-state index is 0.172. The molecule has 5 rings (SSSR count). The number of esters is 2. The molecule has 0 amide bonds. The lowest BCUT2D eigenvalue weighted by Crippen LogP contribution is -2.63. The summed E-state index contributed by atoms with van der Waals surface area (Å²) in [7, 11) is 2.82. The minimum atomic E-state index is -0.453. The molecule has 0 aliphatic heterocycles. The number of hydrogen-bond donors (Lipinski definition) is 0. The summed E-state index contributed by atoms with van der Waals surface area (Å²) in [6.45, 7) is 2.16. The average molecular weight is 410 g/mol. The van der Waals surface area contributed by atoms with Gasteiger partial charge in [0, 0.05) is 10.8 Å². The molecule has 2 bridgehead atoms. The Hall–Kier alpha value is -2.19. The molecule has 0 aromatic heterocycles. The number of hydrogen-bond acceptors (Lipinski definition) is 4. The Balaban J connectivity index is 1.64. The molecule has 152 valence electrons. The van der Waals surface area contributed by atoms with Gasteiger partial charge in [-0.25, -0.2) is 9.59 Å². The molecule has 3 unspecified atom stereocenters. The van der Waals surface area contributed by atoms with Crippen molar-refractivity contribution in [3.05, 3.63) is 71.8 Å². The van der Waals surface area contributed by atoms with Gasteiger partial charge in [0.1, 0.15) is 12.2 Å². The van der Waals surface area contributed by atoms with Crippen LogP contribution in [-0.4, -0.2) is 30.3 Å². The molecule has 0 N–H and O–H groups in total. The third-order valence-corrected chi connectivity index (χ3v) is 7.66. The van der Waals surface area contributed by atoms with Gasteiger partial charge in [-0.05, 0) is 56.1 Å². The van der Waals surface area contributed by atoms with E-state index >= 15 is 0 Å². The fourth-order valence-corrected chi connectivity index (χ4v) is 5.44. The molecule has 3 saturated carbocycles. The van der Waals surface area contributed by atoms with Crippen molar-refractivity contribution in [3.8, 4) is 0 Å². The van der Waals surface area contributed by atoms with Crippen LogP contribution >= 0.6 is 9.24 Å². The fraction of sp³-hybridized carbons (Fsp3) is 0.417. The summed E-state index contributed by atoms with van der Waals surface area (Å²) in [4.78, 5) is 25.7. The number of fused-ring (bicyclic) bond motifs is 3. The van der Waals surface area contributed by atoms with Crippen LogP contribution in [-0.2, 0) is 9.47 Å². The largest absolute Gasteiger partial charge is 0.454 e. The Bertz CT molecular complexity index is 872. The first-order chi connectivity index (χ1) is 14.0. The van der Waals surface area contributed by atoms with Crippen LogP contribution in [0.25, 0.3) is 0 Å². The zero-order valence-corrected chi connectivity index (χ0v) is 17.8. The number of carbonyl (C=O) groups is 2. The molecule has 3 aliphatic rings. The monoisotopic (exact) mass is 410 g/mol. The Morgan fingerprint density at radius 2 is 1.28 bits per heavy atom. The van der Waals surface area contributed by atoms with Crippen LogP contribution in [0.3, 0.4) is 0 Å². The molecule has 0 saturated heterocycles. The average Bonchev–Trinajstić information content (AvgIpc) is 2.77. The molecule has 4 nitrogen and oxygen atoms in total. The van der Waals surface area contributed by atoms with E-state index < -0.39 is 12.2 Å². The highest BCUT2D eigenvalue weighted by molar-refractivity contribution is 7.16. The second-order valence-corrected chi connectivity index (χ2v) is 9.01. The van der Waals surface area contributed by atoms with Crippen LogP contribution in [0.4, 0.5) is 0 Å². The second kappa shape index (κ2) is 7.91. The Labute approximate surface area is 174 Å². The standard InChI is InChI=1S/C24H27O4P/c1-23-12-14-24(16-29,15-13-23)20(28-22(26)18-10-6-3-7-11-18)19(23)27-21(25)17-8-4-2-5-9-17/h2-11,19-20H,12-16,29H2,1H3. The molecule has 3 fully saturated rings. The maximum Gasteiger partial charge on any atom is 0.338 e. The third-order valence-electron chi connectivity index (χ3n) is 6.85. The van der Waals surface area contributed by atoms with E-state index in [9.17, 15) is 9.59 Å². The van der Waals surface area contributed by atoms with E-state index in [1.807, 2.05) is 36.4 Å². The SMILES string of the molecule is CC12CCC(CP)(CC1)C(OC(=O)c1ccccc1)C2OC(=O)c1ccccc1. The van der Waals surface area contributed by atoms with Crippen molar-refractivity contribution in [1.29, 1.82) is 0 Å². The van der Waals surface area contributed by atoms with Crippen molar-refractivity contribution in [2.45, 2.75) is 44.8 Å². The van der Waals surface area contributed by atoms with Crippen molar-refractivity contribution in [3.63, 3.8) is 0 Å². The highest BCUT2D eigenvalue weighted by Gasteiger charge is 2.61. The van der Waals surface area contributed by atoms with Crippen molar-refractivity contribution in [2.24, 2.45) is 10.8 Å². The van der Waals surface area contributed by atoms with E-state index in [0.29, 0.717) is 11.1 Å². The first-order valence-electron chi connectivity index (χ1n) is 10.2. The summed E-state index contributed by atoms with van der Waals surface area (Å²) in [5, 5.41) is 0. The lowest BCUT2D eigenvalue weighted by Gasteiger charge is -2.59. The van der Waals surface area contributed by atoms with E-state index in [2.05, 4.69) is 16.2 Å². The van der Waals surface area contributed by atoms with Gasteiger partial charge in [0.2, 0.25) is 0 Å². The van der Waals surface area contributed by atoms with Crippen LogP contribution in [0.5, 0.6) is 0 Å². The number of rotatable bonds is 5. The predicted molar refractivity (Wildman–Crippen MR) is 115 cm³/mol. The topological polar surface area (TPSA) is 52.6 Å². The van der Waals surface area contributed by atoms with Crippen molar-refractivity contribution in [1.82, 2.24) is 0 Å².